The van der Waals surface area contributed by atoms with Crippen LogP contribution in [-0.4, -0.2) is 39.5 Å². The molecular weight excluding hydrogens is 408 g/mol. The maximum Gasteiger partial charge on any atom is 0.271 e. The molecule has 0 fully saturated rings. The second kappa shape index (κ2) is 8.67. The molecule has 0 aromatic heterocycles. The van der Waals surface area contributed by atoms with Crippen LogP contribution < -0.4 is 5.32 Å². The molecule has 0 spiro atoms. The summed E-state index contributed by atoms with van der Waals surface area (Å²) in [6.07, 6.45) is 0. The number of amides is 2. The number of nitrogens with one attached hydrogen (secondary N) is 1. The predicted molar refractivity (Wildman–Crippen MR) is 127 cm³/mol. The largest absolute Gasteiger partial charge is 0.325 e. The Morgan fingerprint density at radius 2 is 1.77 bits per heavy atom. The van der Waals surface area contributed by atoms with E-state index in [0.717, 1.165) is 16.9 Å². The molecule has 2 amide bonds. The molecule has 4 rings (SSSR count). The molecule has 160 valence electrons. The first-order valence-corrected chi connectivity index (χ1v) is 11.5. The lowest BCUT2D eigenvalue weighted by Crippen LogP contribution is -2.46. The Morgan fingerprint density at radius 3 is 2.45 bits per heavy atom. The van der Waals surface area contributed by atoms with E-state index in [4.69, 9.17) is 4.99 Å². The zero-order chi connectivity index (χ0) is 22.1. The van der Waals surface area contributed by atoms with Crippen LogP contribution in [0.15, 0.2) is 58.5 Å². The van der Waals surface area contributed by atoms with Crippen LogP contribution in [0.25, 0.3) is 0 Å². The van der Waals surface area contributed by atoms with Gasteiger partial charge in [0.25, 0.3) is 5.91 Å². The first kappa shape index (κ1) is 21.3. The third-order valence-electron chi connectivity index (χ3n) is 5.37. The number of anilines is 1. The number of nitrogens with zero attached hydrogens (tertiary/aromatic N) is 3. The Hall–Kier alpha value is -2.93. The summed E-state index contributed by atoms with van der Waals surface area (Å²) in [6, 6.07) is 15.2. The van der Waals surface area contributed by atoms with Crippen LogP contribution in [0.3, 0.4) is 0 Å². The molecule has 0 saturated carbocycles. The first-order chi connectivity index (χ1) is 14.8. The lowest BCUT2D eigenvalue weighted by molar-refractivity contribution is -0.120. The molecule has 0 saturated heterocycles. The summed E-state index contributed by atoms with van der Waals surface area (Å²) in [5, 5.41) is 3.57. The number of aliphatic imine (C=N–C) groups is 2. The van der Waals surface area contributed by atoms with Gasteiger partial charge < -0.3 is 5.32 Å². The summed E-state index contributed by atoms with van der Waals surface area (Å²) < 4.78 is 0. The van der Waals surface area contributed by atoms with Gasteiger partial charge in [0.05, 0.1) is 11.4 Å². The molecule has 2 aromatic carbocycles. The number of para-hydroxylation sites is 1. The third kappa shape index (κ3) is 4.28. The van der Waals surface area contributed by atoms with Crippen LogP contribution in [0, 0.1) is 5.92 Å². The Labute approximate surface area is 186 Å². The minimum atomic E-state index is -0.402. The monoisotopic (exact) mass is 434 g/mol. The van der Waals surface area contributed by atoms with Gasteiger partial charge in [-0.05, 0) is 41.7 Å². The maximum atomic E-state index is 12.6. The van der Waals surface area contributed by atoms with Crippen LogP contribution in [0.4, 0.5) is 11.4 Å². The van der Waals surface area contributed by atoms with Gasteiger partial charge in [0.2, 0.25) is 5.91 Å². The average Bonchev–Trinajstić information content (AvgIpc) is 3.10. The number of thioether (sulfide) groups is 1. The number of hydrogen-bond donors (Lipinski definition) is 1. The molecule has 2 aromatic rings. The van der Waals surface area contributed by atoms with Crippen molar-refractivity contribution < 1.29 is 9.59 Å². The Morgan fingerprint density at radius 1 is 1.06 bits per heavy atom. The summed E-state index contributed by atoms with van der Waals surface area (Å²) in [6.45, 7) is 8.27. The predicted octanol–water partition coefficient (Wildman–Crippen LogP) is 4.80. The zero-order valence-corrected chi connectivity index (χ0v) is 18.9. The van der Waals surface area contributed by atoms with Crippen LogP contribution in [0.2, 0.25) is 0 Å². The second-order valence-electron chi connectivity index (χ2n) is 8.36. The molecule has 0 bridgehead atoms. The topological polar surface area (TPSA) is 74.1 Å². The van der Waals surface area contributed by atoms with Crippen LogP contribution >= 0.6 is 11.8 Å². The van der Waals surface area contributed by atoms with E-state index in [-0.39, 0.29) is 23.5 Å². The quantitative estimate of drug-likeness (QED) is 0.734. The van der Waals surface area contributed by atoms with Crippen LogP contribution in [-0.2, 0) is 9.59 Å². The van der Waals surface area contributed by atoms with Crippen molar-refractivity contribution in [3.05, 3.63) is 59.7 Å². The molecule has 0 radical (unpaired) electrons. The minimum Gasteiger partial charge on any atom is -0.325 e. The number of amidine groups is 2. The van der Waals surface area contributed by atoms with Gasteiger partial charge in [-0.15, -0.1) is 0 Å². The van der Waals surface area contributed by atoms with Gasteiger partial charge in [-0.25, -0.2) is 4.99 Å². The van der Waals surface area contributed by atoms with Crippen molar-refractivity contribution in [3.8, 4) is 0 Å². The molecule has 2 aliphatic rings. The Kier molecular flexibility index (Phi) is 5.96. The van der Waals surface area contributed by atoms with Crippen molar-refractivity contribution in [1.29, 1.82) is 0 Å². The van der Waals surface area contributed by atoms with Gasteiger partial charge in [0, 0.05) is 11.3 Å². The lowest BCUT2D eigenvalue weighted by atomic mass is 10.0. The minimum absolute atomic E-state index is 0.0677. The van der Waals surface area contributed by atoms with E-state index in [0.29, 0.717) is 16.9 Å². The zero-order valence-electron chi connectivity index (χ0n) is 18.1. The standard InChI is InChI=1S/C24H26N4O2S/c1-14(2)16-9-11-17(12-10-16)25-20(29)13-31-24-26-19-8-6-5-7-18(19)22-27-23(30)21(15(3)4)28(22)24/h5-12,14-15,21H,13H2,1-4H3,(H,25,29). The summed E-state index contributed by atoms with van der Waals surface area (Å²) in [4.78, 5) is 36.2. The van der Waals surface area contributed by atoms with Gasteiger partial charge >= 0.3 is 0 Å². The SMILES string of the molecule is CC(C)c1ccc(NC(=O)CSC2=Nc3ccccc3C3=NC(=O)C(C(C)C)N23)cc1. The highest BCUT2D eigenvalue weighted by Crippen LogP contribution is 2.35. The highest BCUT2D eigenvalue weighted by atomic mass is 32.2. The number of rotatable bonds is 5. The number of hydrogen-bond acceptors (Lipinski definition) is 5. The van der Waals surface area contributed by atoms with Crippen molar-refractivity contribution in [1.82, 2.24) is 4.90 Å². The highest BCUT2D eigenvalue weighted by Gasteiger charge is 2.43. The van der Waals surface area contributed by atoms with Gasteiger partial charge in [0.15, 0.2) is 5.17 Å². The molecule has 0 aliphatic carbocycles. The van der Waals surface area contributed by atoms with Crippen molar-refractivity contribution in [2.24, 2.45) is 15.9 Å². The summed E-state index contributed by atoms with van der Waals surface area (Å²) in [5.41, 5.74) is 3.61. The van der Waals surface area contributed by atoms with Crippen molar-refractivity contribution in [2.75, 3.05) is 11.1 Å². The fourth-order valence-corrected chi connectivity index (χ4v) is 4.58. The highest BCUT2D eigenvalue weighted by molar-refractivity contribution is 8.14. The van der Waals surface area contributed by atoms with Crippen LogP contribution in [0.5, 0.6) is 0 Å². The lowest BCUT2D eigenvalue weighted by Gasteiger charge is -2.32. The molecule has 1 unspecified atom stereocenters. The van der Waals surface area contributed by atoms with Gasteiger partial charge in [0.1, 0.15) is 11.9 Å². The van der Waals surface area contributed by atoms with E-state index in [2.05, 4.69) is 24.2 Å². The van der Waals surface area contributed by atoms with Gasteiger partial charge in [-0.1, -0.05) is 63.7 Å². The molecule has 1 atom stereocenters. The van der Waals surface area contributed by atoms with Crippen LogP contribution in [0.1, 0.15) is 44.7 Å². The molecular formula is C24H26N4O2S. The summed E-state index contributed by atoms with van der Waals surface area (Å²) in [7, 11) is 0. The Balaban J connectivity index is 1.51. The van der Waals surface area contributed by atoms with E-state index in [1.54, 1.807) is 0 Å². The molecule has 7 heteroatoms. The molecule has 31 heavy (non-hydrogen) atoms. The normalized spacial score (nSPS) is 17.4. The van der Waals surface area contributed by atoms with Gasteiger partial charge in [-0.2, -0.15) is 4.99 Å². The smallest absolute Gasteiger partial charge is 0.271 e. The molecule has 1 N–H and O–H groups in total. The summed E-state index contributed by atoms with van der Waals surface area (Å²) in [5.74, 6) is 1.05. The van der Waals surface area contributed by atoms with Crippen molar-refractivity contribution in [2.45, 2.75) is 39.7 Å². The van der Waals surface area contributed by atoms with E-state index in [9.17, 15) is 9.59 Å². The van der Waals surface area contributed by atoms with E-state index in [1.165, 1.54) is 17.3 Å². The molecule has 2 aliphatic heterocycles. The van der Waals surface area contributed by atoms with E-state index >= 15 is 0 Å². The van der Waals surface area contributed by atoms with Gasteiger partial charge in [-0.3, -0.25) is 14.5 Å². The fraction of sp³-hybridized carbons (Fsp3) is 0.333. The first-order valence-electron chi connectivity index (χ1n) is 10.5. The number of fused-ring (bicyclic) bond motifs is 3. The Bertz CT molecular complexity index is 1070. The third-order valence-corrected chi connectivity index (χ3v) is 6.32. The molecule has 6 nitrogen and oxygen atoms in total. The molecule has 2 heterocycles. The number of carbonyl (C=O) groups is 2. The average molecular weight is 435 g/mol. The maximum absolute atomic E-state index is 12.6. The number of benzene rings is 2. The van der Waals surface area contributed by atoms with E-state index < -0.39 is 6.04 Å². The van der Waals surface area contributed by atoms with Crippen molar-refractivity contribution >= 4 is 46.0 Å². The van der Waals surface area contributed by atoms with Crippen molar-refractivity contribution in [3.63, 3.8) is 0 Å². The summed E-state index contributed by atoms with van der Waals surface area (Å²) >= 11 is 1.33. The fourth-order valence-electron chi connectivity index (χ4n) is 3.75. The number of carbonyl (C=O) groups excluding carboxylic acids is 2. The second-order valence-corrected chi connectivity index (χ2v) is 9.30. The van der Waals surface area contributed by atoms with E-state index in [1.807, 2.05) is 67.3 Å².